The highest BCUT2D eigenvalue weighted by Gasteiger charge is 2.38. The van der Waals surface area contributed by atoms with E-state index < -0.39 is 12.1 Å². The van der Waals surface area contributed by atoms with Gasteiger partial charge in [0.1, 0.15) is 5.82 Å². The Balaban J connectivity index is 0.000000445. The fraction of sp³-hybridized carbons (Fsp3) is 0.222. The molecule has 0 radical (unpaired) electrons. The molecule has 2 aromatic rings. The molecule has 0 aliphatic heterocycles. The molecule has 0 spiro atoms. The maximum atomic E-state index is 13.3. The van der Waals surface area contributed by atoms with Crippen molar-refractivity contribution in [1.29, 1.82) is 0 Å². The maximum absolute atomic E-state index is 13.3. The highest BCUT2D eigenvalue weighted by molar-refractivity contribution is 6.04. The van der Waals surface area contributed by atoms with E-state index in [-0.39, 0.29) is 11.7 Å². The van der Waals surface area contributed by atoms with E-state index >= 15 is 0 Å². The van der Waals surface area contributed by atoms with Crippen molar-refractivity contribution in [3.8, 4) is 0 Å². The van der Waals surface area contributed by atoms with E-state index in [9.17, 15) is 22.4 Å². The lowest BCUT2D eigenvalue weighted by molar-refractivity contribution is -0.192. The molecule has 0 saturated carbocycles. The average Bonchev–Trinajstić information content (AvgIpc) is 2.54. The zero-order valence-electron chi connectivity index (χ0n) is 14.3. The van der Waals surface area contributed by atoms with Gasteiger partial charge in [-0.2, -0.15) is 13.2 Å². The Morgan fingerprint density at radius 2 is 1.67 bits per heavy atom. The number of aryl methyl sites for hydroxylation is 1. The molecule has 0 aromatic heterocycles. The molecule has 4 N–H and O–H groups in total. The molecule has 9 heteroatoms. The lowest BCUT2D eigenvalue weighted by Gasteiger charge is -2.07. The number of amides is 1. The fourth-order valence-corrected chi connectivity index (χ4v) is 2.00. The molecular formula is C18H18F4N2O3. The van der Waals surface area contributed by atoms with Gasteiger partial charge in [0.05, 0.1) is 0 Å². The first-order chi connectivity index (χ1) is 12.5. The van der Waals surface area contributed by atoms with Gasteiger partial charge in [-0.05, 0) is 61.3 Å². The van der Waals surface area contributed by atoms with Crippen LogP contribution in [0.25, 0.3) is 0 Å². The van der Waals surface area contributed by atoms with Crippen LogP contribution in [0.3, 0.4) is 0 Å². The van der Waals surface area contributed by atoms with Gasteiger partial charge >= 0.3 is 12.1 Å². The van der Waals surface area contributed by atoms with Crippen LogP contribution < -0.4 is 11.1 Å². The number of rotatable bonds is 4. The van der Waals surface area contributed by atoms with Gasteiger partial charge in [0.25, 0.3) is 5.91 Å². The monoisotopic (exact) mass is 386 g/mol. The smallest absolute Gasteiger partial charge is 0.475 e. The van der Waals surface area contributed by atoms with Crippen LogP contribution in [-0.2, 0) is 11.2 Å². The normalized spacial score (nSPS) is 10.6. The van der Waals surface area contributed by atoms with Gasteiger partial charge in [0, 0.05) is 11.3 Å². The number of carbonyl (C=O) groups is 2. The molecule has 0 bridgehead atoms. The van der Waals surface area contributed by atoms with Gasteiger partial charge in [-0.15, -0.1) is 0 Å². The van der Waals surface area contributed by atoms with Gasteiger partial charge in [0.15, 0.2) is 0 Å². The molecule has 2 rings (SSSR count). The molecule has 2 aromatic carbocycles. The molecule has 27 heavy (non-hydrogen) atoms. The van der Waals surface area contributed by atoms with Crippen molar-refractivity contribution in [2.24, 2.45) is 5.73 Å². The number of hydrogen-bond donors (Lipinski definition) is 3. The van der Waals surface area contributed by atoms with E-state index in [0.29, 0.717) is 17.8 Å². The number of aliphatic carboxylic acids is 1. The molecule has 0 heterocycles. The number of carbonyl (C=O) groups excluding carboxylic acids is 1. The summed E-state index contributed by atoms with van der Waals surface area (Å²) in [5.41, 5.74) is 8.32. The minimum atomic E-state index is -5.08. The summed E-state index contributed by atoms with van der Waals surface area (Å²) in [6.45, 7) is 2.36. The summed E-state index contributed by atoms with van der Waals surface area (Å²) in [4.78, 5) is 20.9. The summed E-state index contributed by atoms with van der Waals surface area (Å²) in [6.07, 6.45) is -4.30. The van der Waals surface area contributed by atoms with Crippen molar-refractivity contribution in [1.82, 2.24) is 0 Å². The van der Waals surface area contributed by atoms with Crippen molar-refractivity contribution in [2.75, 3.05) is 11.9 Å². The molecule has 146 valence electrons. The average molecular weight is 386 g/mol. The summed E-state index contributed by atoms with van der Waals surface area (Å²) >= 11 is 0. The first-order valence-corrected chi connectivity index (χ1v) is 7.70. The molecule has 0 aliphatic rings. The Hall–Kier alpha value is -2.94. The van der Waals surface area contributed by atoms with Crippen LogP contribution in [0.1, 0.15) is 21.5 Å². The highest BCUT2D eigenvalue weighted by atomic mass is 19.4. The highest BCUT2D eigenvalue weighted by Crippen LogP contribution is 2.15. The van der Waals surface area contributed by atoms with Crippen LogP contribution in [0.5, 0.6) is 0 Å². The van der Waals surface area contributed by atoms with E-state index in [1.165, 1.54) is 12.1 Å². The number of halogens is 4. The quantitative estimate of drug-likeness (QED) is 0.701. The van der Waals surface area contributed by atoms with E-state index in [4.69, 9.17) is 15.6 Å². The summed E-state index contributed by atoms with van der Waals surface area (Å²) in [6, 6.07) is 11.7. The van der Waals surface area contributed by atoms with E-state index in [0.717, 1.165) is 17.5 Å². The molecule has 5 nitrogen and oxygen atoms in total. The molecule has 0 atom stereocenters. The van der Waals surface area contributed by atoms with E-state index in [1.54, 1.807) is 25.1 Å². The Kier molecular flexibility index (Phi) is 7.92. The number of anilines is 1. The largest absolute Gasteiger partial charge is 0.490 e. The molecule has 0 saturated heterocycles. The Morgan fingerprint density at radius 1 is 1.11 bits per heavy atom. The lowest BCUT2D eigenvalue weighted by atomic mass is 10.1. The van der Waals surface area contributed by atoms with Gasteiger partial charge in [-0.25, -0.2) is 9.18 Å². The zero-order valence-corrected chi connectivity index (χ0v) is 14.3. The van der Waals surface area contributed by atoms with Crippen molar-refractivity contribution in [2.45, 2.75) is 19.5 Å². The molecule has 0 fully saturated rings. The third-order valence-electron chi connectivity index (χ3n) is 3.19. The standard InChI is InChI=1S/C16H17FN2O.C2HF3O2/c1-11-8-14(17)10-15(9-11)19-16(20)13-4-2-12(3-5-13)6-7-18;3-2(4,5)1(6)7/h2-5,8-10H,6-7,18H2,1H3,(H,19,20);(H,6,7). The Bertz CT molecular complexity index is 770. The Morgan fingerprint density at radius 3 is 2.11 bits per heavy atom. The van der Waals surface area contributed by atoms with Gasteiger partial charge in [-0.3, -0.25) is 4.79 Å². The van der Waals surface area contributed by atoms with Crippen LogP contribution in [0.2, 0.25) is 0 Å². The summed E-state index contributed by atoms with van der Waals surface area (Å²) < 4.78 is 45.0. The summed E-state index contributed by atoms with van der Waals surface area (Å²) in [5, 5.41) is 9.81. The molecule has 0 aliphatic carbocycles. The van der Waals surface area contributed by atoms with Gasteiger partial charge in [0.2, 0.25) is 0 Å². The minimum Gasteiger partial charge on any atom is -0.475 e. The van der Waals surface area contributed by atoms with Gasteiger partial charge in [-0.1, -0.05) is 12.1 Å². The number of carboxylic acids is 1. The molecule has 1 amide bonds. The number of nitrogens with two attached hydrogens (primary N) is 1. The topological polar surface area (TPSA) is 92.4 Å². The lowest BCUT2D eigenvalue weighted by Crippen LogP contribution is -2.21. The SMILES string of the molecule is Cc1cc(F)cc(NC(=O)c2ccc(CCN)cc2)c1.O=C(O)C(F)(F)F. The third-order valence-corrected chi connectivity index (χ3v) is 3.19. The number of carboxylic acid groups (broad SMARTS) is 1. The third kappa shape index (κ3) is 7.87. The van der Waals surface area contributed by atoms with Crippen LogP contribution in [0.4, 0.5) is 23.2 Å². The second-order valence-electron chi connectivity index (χ2n) is 5.51. The van der Waals surface area contributed by atoms with Crippen LogP contribution >= 0.6 is 0 Å². The van der Waals surface area contributed by atoms with Crippen molar-refractivity contribution in [3.05, 3.63) is 65.0 Å². The second kappa shape index (κ2) is 9.67. The van der Waals surface area contributed by atoms with E-state index in [1.807, 2.05) is 12.1 Å². The maximum Gasteiger partial charge on any atom is 0.490 e. The fourth-order valence-electron chi connectivity index (χ4n) is 2.00. The van der Waals surface area contributed by atoms with Crippen LogP contribution in [0.15, 0.2) is 42.5 Å². The first kappa shape index (κ1) is 22.1. The number of benzene rings is 2. The number of nitrogens with one attached hydrogen (secondary N) is 1. The van der Waals surface area contributed by atoms with Gasteiger partial charge < -0.3 is 16.2 Å². The Labute approximate surface area is 152 Å². The van der Waals surface area contributed by atoms with Crippen LogP contribution in [0, 0.1) is 12.7 Å². The first-order valence-electron chi connectivity index (χ1n) is 7.70. The van der Waals surface area contributed by atoms with Crippen molar-refractivity contribution in [3.63, 3.8) is 0 Å². The summed E-state index contributed by atoms with van der Waals surface area (Å²) in [7, 11) is 0. The number of hydrogen-bond acceptors (Lipinski definition) is 3. The number of alkyl halides is 3. The minimum absolute atomic E-state index is 0.255. The molecule has 0 unspecified atom stereocenters. The van der Waals surface area contributed by atoms with Crippen molar-refractivity contribution >= 4 is 17.6 Å². The predicted molar refractivity (Wildman–Crippen MR) is 92.0 cm³/mol. The second-order valence-corrected chi connectivity index (χ2v) is 5.51. The van der Waals surface area contributed by atoms with Crippen molar-refractivity contribution < 1.29 is 32.3 Å². The predicted octanol–water partition coefficient (Wildman–Crippen LogP) is 3.52. The van der Waals surface area contributed by atoms with E-state index in [2.05, 4.69) is 5.32 Å². The summed E-state index contributed by atoms with van der Waals surface area (Å²) in [5.74, 6) is -3.37. The van der Waals surface area contributed by atoms with Crippen LogP contribution in [-0.4, -0.2) is 29.7 Å². The zero-order chi connectivity index (χ0) is 20.6. The molecular weight excluding hydrogens is 368 g/mol.